The number of oxazole rings is 1. The van der Waals surface area contributed by atoms with Crippen LogP contribution in [0.3, 0.4) is 0 Å². The third kappa shape index (κ3) is 1.73. The average Bonchev–Trinajstić information content (AvgIpc) is 2.74. The van der Waals surface area contributed by atoms with E-state index in [9.17, 15) is 0 Å². The van der Waals surface area contributed by atoms with Gasteiger partial charge in [-0.3, -0.25) is 0 Å². The molecule has 0 amide bonds. The van der Waals surface area contributed by atoms with Crippen molar-refractivity contribution in [1.29, 1.82) is 0 Å². The first-order chi connectivity index (χ1) is 8.65. The zero-order chi connectivity index (χ0) is 12.7. The van der Waals surface area contributed by atoms with Crippen LogP contribution in [0, 0.1) is 6.92 Å². The maximum absolute atomic E-state index is 6.07. The van der Waals surface area contributed by atoms with Crippen molar-refractivity contribution < 1.29 is 4.42 Å². The molecule has 2 N–H and O–H groups in total. The van der Waals surface area contributed by atoms with E-state index in [4.69, 9.17) is 21.8 Å². The number of benzene rings is 2. The van der Waals surface area contributed by atoms with Gasteiger partial charge in [-0.25, -0.2) is 4.98 Å². The van der Waals surface area contributed by atoms with Crippen LogP contribution in [0.5, 0.6) is 0 Å². The van der Waals surface area contributed by atoms with Crippen LogP contribution in [-0.2, 0) is 0 Å². The molecule has 0 spiro atoms. The van der Waals surface area contributed by atoms with Gasteiger partial charge in [0.05, 0.1) is 5.02 Å². The minimum Gasteiger partial charge on any atom is -0.435 e. The maximum atomic E-state index is 6.07. The first-order valence-electron chi connectivity index (χ1n) is 5.57. The molecular formula is C14H11ClN2O. The molecule has 0 aliphatic carbocycles. The highest BCUT2D eigenvalue weighted by molar-refractivity contribution is 6.34. The van der Waals surface area contributed by atoms with Gasteiger partial charge in [-0.05, 0) is 42.8 Å². The summed E-state index contributed by atoms with van der Waals surface area (Å²) in [6, 6.07) is 11.1. The number of para-hydroxylation sites is 1. The lowest BCUT2D eigenvalue weighted by Crippen LogP contribution is -1.88. The van der Waals surface area contributed by atoms with E-state index in [0.717, 1.165) is 22.3 Å². The molecule has 1 aromatic heterocycles. The number of nitrogen functional groups attached to an aromatic ring is 1. The normalized spacial score (nSPS) is 11.0. The Morgan fingerprint density at radius 2 is 2.06 bits per heavy atom. The summed E-state index contributed by atoms with van der Waals surface area (Å²) < 4.78 is 5.72. The lowest BCUT2D eigenvalue weighted by Gasteiger charge is -2.01. The molecule has 18 heavy (non-hydrogen) atoms. The van der Waals surface area contributed by atoms with Crippen LogP contribution >= 0.6 is 11.6 Å². The van der Waals surface area contributed by atoms with E-state index in [1.165, 1.54) is 0 Å². The molecule has 3 aromatic rings. The van der Waals surface area contributed by atoms with Gasteiger partial charge < -0.3 is 10.2 Å². The topological polar surface area (TPSA) is 52.0 Å². The molecule has 1 heterocycles. The van der Waals surface area contributed by atoms with Gasteiger partial charge in [0, 0.05) is 11.3 Å². The van der Waals surface area contributed by atoms with E-state index in [-0.39, 0.29) is 0 Å². The van der Waals surface area contributed by atoms with Gasteiger partial charge in [0.2, 0.25) is 5.89 Å². The van der Waals surface area contributed by atoms with Gasteiger partial charge in [-0.15, -0.1) is 0 Å². The standard InChI is InChI=1S/C14H11ClN2O/c1-8-7-9(16)5-6-10(8)14-17-12-4-2-3-11(15)13(12)18-14/h2-7H,16H2,1H3. The zero-order valence-corrected chi connectivity index (χ0v) is 10.5. The molecular weight excluding hydrogens is 248 g/mol. The van der Waals surface area contributed by atoms with E-state index in [1.54, 1.807) is 6.07 Å². The molecule has 3 rings (SSSR count). The van der Waals surface area contributed by atoms with Crippen molar-refractivity contribution in [2.75, 3.05) is 5.73 Å². The molecule has 0 bridgehead atoms. The Morgan fingerprint density at radius 1 is 1.22 bits per heavy atom. The minimum atomic E-state index is 0.565. The third-order valence-corrected chi connectivity index (χ3v) is 3.15. The Morgan fingerprint density at radius 3 is 2.78 bits per heavy atom. The Labute approximate surface area is 109 Å². The number of rotatable bonds is 1. The molecule has 2 aromatic carbocycles. The molecule has 0 aliphatic rings. The van der Waals surface area contributed by atoms with Gasteiger partial charge in [-0.2, -0.15) is 0 Å². The van der Waals surface area contributed by atoms with Crippen LogP contribution in [0.15, 0.2) is 40.8 Å². The first-order valence-corrected chi connectivity index (χ1v) is 5.94. The number of hydrogen-bond donors (Lipinski definition) is 1. The highest BCUT2D eigenvalue weighted by atomic mass is 35.5. The summed E-state index contributed by atoms with van der Waals surface area (Å²) in [4.78, 5) is 4.44. The summed E-state index contributed by atoms with van der Waals surface area (Å²) in [5, 5.41) is 0.569. The van der Waals surface area contributed by atoms with E-state index in [2.05, 4.69) is 4.98 Å². The summed E-state index contributed by atoms with van der Waals surface area (Å²) in [6.07, 6.45) is 0. The van der Waals surface area contributed by atoms with Crippen molar-refractivity contribution in [1.82, 2.24) is 4.98 Å². The largest absolute Gasteiger partial charge is 0.435 e. The Kier molecular flexibility index (Phi) is 2.49. The summed E-state index contributed by atoms with van der Waals surface area (Å²) in [7, 11) is 0. The number of aryl methyl sites for hydroxylation is 1. The molecule has 0 fully saturated rings. The Bertz CT molecular complexity index is 734. The summed E-state index contributed by atoms with van der Waals surface area (Å²) >= 11 is 6.07. The van der Waals surface area contributed by atoms with Gasteiger partial charge in [-0.1, -0.05) is 17.7 Å². The number of fused-ring (bicyclic) bond motifs is 1. The quantitative estimate of drug-likeness (QED) is 0.670. The van der Waals surface area contributed by atoms with Crippen LogP contribution in [0.2, 0.25) is 5.02 Å². The Hall–Kier alpha value is -2.00. The summed E-state index contributed by atoms with van der Waals surface area (Å²) in [5.74, 6) is 0.565. The predicted octanol–water partition coefficient (Wildman–Crippen LogP) is 4.04. The fourth-order valence-electron chi connectivity index (χ4n) is 1.96. The van der Waals surface area contributed by atoms with Crippen molar-refractivity contribution in [2.24, 2.45) is 0 Å². The second-order valence-electron chi connectivity index (χ2n) is 4.18. The van der Waals surface area contributed by atoms with Crippen LogP contribution in [0.4, 0.5) is 5.69 Å². The third-order valence-electron chi connectivity index (χ3n) is 2.85. The number of anilines is 1. The van der Waals surface area contributed by atoms with E-state index >= 15 is 0 Å². The SMILES string of the molecule is Cc1cc(N)ccc1-c1nc2cccc(Cl)c2o1. The molecule has 0 saturated carbocycles. The zero-order valence-electron chi connectivity index (χ0n) is 9.77. The van der Waals surface area contributed by atoms with Crippen LogP contribution in [0.25, 0.3) is 22.6 Å². The van der Waals surface area contributed by atoms with E-state index in [1.807, 2.05) is 37.3 Å². The molecule has 0 saturated heterocycles. The number of halogens is 1. The second kappa shape index (κ2) is 4.03. The van der Waals surface area contributed by atoms with Crippen LogP contribution < -0.4 is 5.73 Å². The first kappa shape index (κ1) is 11.1. The van der Waals surface area contributed by atoms with Crippen molar-refractivity contribution in [2.45, 2.75) is 6.92 Å². The highest BCUT2D eigenvalue weighted by Gasteiger charge is 2.12. The maximum Gasteiger partial charge on any atom is 0.227 e. The van der Waals surface area contributed by atoms with E-state index < -0.39 is 0 Å². The molecule has 0 radical (unpaired) electrons. The molecule has 0 aliphatic heterocycles. The van der Waals surface area contributed by atoms with Crippen molar-refractivity contribution in [3.05, 3.63) is 47.0 Å². The van der Waals surface area contributed by atoms with Crippen molar-refractivity contribution in [3.8, 4) is 11.5 Å². The monoisotopic (exact) mass is 258 g/mol. The Balaban J connectivity index is 2.23. The molecule has 0 atom stereocenters. The van der Waals surface area contributed by atoms with Gasteiger partial charge >= 0.3 is 0 Å². The van der Waals surface area contributed by atoms with Crippen LogP contribution in [0.1, 0.15) is 5.56 Å². The van der Waals surface area contributed by atoms with Crippen molar-refractivity contribution in [3.63, 3.8) is 0 Å². The molecule has 90 valence electrons. The van der Waals surface area contributed by atoms with E-state index in [0.29, 0.717) is 16.5 Å². The fraction of sp³-hybridized carbons (Fsp3) is 0.0714. The average molecular weight is 259 g/mol. The second-order valence-corrected chi connectivity index (χ2v) is 4.59. The van der Waals surface area contributed by atoms with Gasteiger partial charge in [0.25, 0.3) is 0 Å². The smallest absolute Gasteiger partial charge is 0.227 e. The van der Waals surface area contributed by atoms with Crippen LogP contribution in [-0.4, -0.2) is 4.98 Å². The lowest BCUT2D eigenvalue weighted by molar-refractivity contribution is 0.619. The minimum absolute atomic E-state index is 0.565. The highest BCUT2D eigenvalue weighted by Crippen LogP contribution is 2.31. The predicted molar refractivity (Wildman–Crippen MR) is 73.6 cm³/mol. The number of nitrogens with zero attached hydrogens (tertiary/aromatic N) is 1. The lowest BCUT2D eigenvalue weighted by atomic mass is 10.1. The number of hydrogen-bond acceptors (Lipinski definition) is 3. The summed E-state index contributed by atoms with van der Waals surface area (Å²) in [6.45, 7) is 1.97. The van der Waals surface area contributed by atoms with Gasteiger partial charge in [0.1, 0.15) is 5.52 Å². The number of aromatic nitrogens is 1. The molecule has 4 heteroatoms. The fourth-order valence-corrected chi connectivity index (χ4v) is 2.17. The summed E-state index contributed by atoms with van der Waals surface area (Å²) in [5.41, 5.74) is 9.79. The van der Waals surface area contributed by atoms with Gasteiger partial charge in [0.15, 0.2) is 5.58 Å². The molecule has 0 unspecified atom stereocenters. The number of nitrogens with two attached hydrogens (primary N) is 1. The molecule has 3 nitrogen and oxygen atoms in total. The van der Waals surface area contributed by atoms with Crippen molar-refractivity contribution >= 4 is 28.4 Å².